The van der Waals surface area contributed by atoms with E-state index in [9.17, 15) is 0 Å². The van der Waals surface area contributed by atoms with E-state index in [1.165, 1.54) is 0 Å². The first kappa shape index (κ1) is 10.1. The largest absolute Gasteiger partial charge is 0.198 e. The molecular weight excluding hydrogens is 158 g/mol. The fourth-order valence-electron chi connectivity index (χ4n) is 0.620. The SMILES string of the molecule is N#CCCC(CN=[N+]=[N-])N=[N+]=[N-]. The van der Waals surface area contributed by atoms with E-state index < -0.39 is 6.04 Å². The van der Waals surface area contributed by atoms with Crippen LogP contribution in [0.4, 0.5) is 0 Å². The molecule has 0 spiro atoms. The molecule has 0 saturated heterocycles. The molecule has 7 nitrogen and oxygen atoms in total. The van der Waals surface area contributed by atoms with Crippen LogP contribution in [0.15, 0.2) is 10.2 Å². The second kappa shape index (κ2) is 7.22. The summed E-state index contributed by atoms with van der Waals surface area (Å²) in [5, 5.41) is 14.8. The average molecular weight is 165 g/mol. The molecule has 0 bridgehead atoms. The van der Waals surface area contributed by atoms with Crippen molar-refractivity contribution >= 4 is 0 Å². The van der Waals surface area contributed by atoms with Crippen LogP contribution < -0.4 is 0 Å². The highest BCUT2D eigenvalue weighted by molar-refractivity contribution is 4.77. The van der Waals surface area contributed by atoms with Crippen molar-refractivity contribution in [2.45, 2.75) is 18.9 Å². The number of hydrogen-bond donors (Lipinski definition) is 0. The number of nitriles is 1. The Kier molecular flexibility index (Phi) is 6.08. The molecule has 0 rings (SSSR count). The molecule has 0 aromatic heterocycles. The van der Waals surface area contributed by atoms with Crippen molar-refractivity contribution < 1.29 is 0 Å². The topological polar surface area (TPSA) is 121 Å². The van der Waals surface area contributed by atoms with Crippen LogP contribution in [-0.2, 0) is 0 Å². The number of nitrogens with zero attached hydrogens (tertiary/aromatic N) is 7. The third-order valence-electron chi connectivity index (χ3n) is 1.16. The fourth-order valence-corrected chi connectivity index (χ4v) is 0.620. The molecule has 1 atom stereocenters. The second-order valence-electron chi connectivity index (χ2n) is 1.97. The highest BCUT2D eigenvalue weighted by Gasteiger charge is 2.03. The van der Waals surface area contributed by atoms with Gasteiger partial charge >= 0.3 is 0 Å². The Morgan fingerprint density at radius 3 is 2.67 bits per heavy atom. The van der Waals surface area contributed by atoms with E-state index >= 15 is 0 Å². The van der Waals surface area contributed by atoms with E-state index in [4.69, 9.17) is 16.3 Å². The van der Waals surface area contributed by atoms with Gasteiger partial charge in [-0.3, -0.25) is 0 Å². The zero-order valence-electron chi connectivity index (χ0n) is 6.33. The molecule has 0 amide bonds. The lowest BCUT2D eigenvalue weighted by Gasteiger charge is -2.01. The first-order chi connectivity index (χ1) is 5.85. The summed E-state index contributed by atoms with van der Waals surface area (Å²) in [6.45, 7) is 0.113. The van der Waals surface area contributed by atoms with Crippen LogP contribution in [0, 0.1) is 11.3 Å². The summed E-state index contributed by atoms with van der Waals surface area (Å²) in [5.41, 5.74) is 16.0. The summed E-state index contributed by atoms with van der Waals surface area (Å²) in [7, 11) is 0. The monoisotopic (exact) mass is 165 g/mol. The molecule has 0 aromatic carbocycles. The molecule has 0 saturated carbocycles. The molecule has 0 heterocycles. The minimum Gasteiger partial charge on any atom is -0.198 e. The zero-order valence-corrected chi connectivity index (χ0v) is 6.33. The first-order valence-corrected chi connectivity index (χ1v) is 3.27. The van der Waals surface area contributed by atoms with Gasteiger partial charge in [-0.05, 0) is 17.5 Å². The summed E-state index contributed by atoms with van der Waals surface area (Å²) in [4.78, 5) is 5.10. The van der Waals surface area contributed by atoms with Crippen LogP contribution in [0.5, 0.6) is 0 Å². The van der Waals surface area contributed by atoms with Gasteiger partial charge in [0.15, 0.2) is 0 Å². The van der Waals surface area contributed by atoms with Gasteiger partial charge in [-0.15, -0.1) is 0 Å². The summed E-state index contributed by atoms with van der Waals surface area (Å²) >= 11 is 0. The van der Waals surface area contributed by atoms with Crippen molar-refractivity contribution in [3.63, 3.8) is 0 Å². The molecule has 7 heteroatoms. The Morgan fingerprint density at radius 2 is 2.17 bits per heavy atom. The van der Waals surface area contributed by atoms with Crippen molar-refractivity contribution in [1.29, 1.82) is 5.26 Å². The Balaban J connectivity index is 3.95. The van der Waals surface area contributed by atoms with Crippen molar-refractivity contribution in [1.82, 2.24) is 0 Å². The van der Waals surface area contributed by atoms with Crippen molar-refractivity contribution in [2.75, 3.05) is 6.54 Å². The van der Waals surface area contributed by atoms with Crippen molar-refractivity contribution in [3.05, 3.63) is 20.9 Å². The highest BCUT2D eigenvalue weighted by atomic mass is 15.2. The minimum absolute atomic E-state index is 0.113. The quantitative estimate of drug-likeness (QED) is 0.346. The van der Waals surface area contributed by atoms with Crippen LogP contribution in [0.2, 0.25) is 0 Å². The van der Waals surface area contributed by atoms with Gasteiger partial charge in [-0.1, -0.05) is 10.2 Å². The fraction of sp³-hybridized carbons (Fsp3) is 0.800. The third kappa shape index (κ3) is 4.94. The smallest absolute Gasteiger partial charge is 0.0621 e. The van der Waals surface area contributed by atoms with Gasteiger partial charge in [0.25, 0.3) is 0 Å². The number of hydrogen-bond acceptors (Lipinski definition) is 3. The van der Waals surface area contributed by atoms with E-state index in [1.807, 2.05) is 6.07 Å². The second-order valence-corrected chi connectivity index (χ2v) is 1.97. The van der Waals surface area contributed by atoms with Gasteiger partial charge in [0.1, 0.15) is 0 Å². The van der Waals surface area contributed by atoms with Crippen LogP contribution >= 0.6 is 0 Å². The molecule has 0 aromatic rings. The minimum atomic E-state index is -0.398. The van der Waals surface area contributed by atoms with Gasteiger partial charge < -0.3 is 0 Å². The maximum absolute atomic E-state index is 8.22. The highest BCUT2D eigenvalue weighted by Crippen LogP contribution is 2.02. The van der Waals surface area contributed by atoms with Gasteiger partial charge in [0.05, 0.1) is 6.07 Å². The zero-order chi connectivity index (χ0) is 9.23. The summed E-state index contributed by atoms with van der Waals surface area (Å²) < 4.78 is 0. The van der Waals surface area contributed by atoms with Gasteiger partial charge in [0.2, 0.25) is 0 Å². The molecular formula is C5H7N7. The predicted molar refractivity (Wildman–Crippen MR) is 41.8 cm³/mol. The lowest BCUT2D eigenvalue weighted by Crippen LogP contribution is -2.06. The maximum atomic E-state index is 8.22. The van der Waals surface area contributed by atoms with Gasteiger partial charge in [-0.2, -0.15) is 5.26 Å². The standard InChI is InChI=1S/C5H7N7/c6-3-1-2-5(10-12-8)4-9-11-7/h5H,1-2,4H2. The Labute approximate surface area is 68.9 Å². The van der Waals surface area contributed by atoms with Gasteiger partial charge in [0, 0.05) is 28.8 Å². The normalized spacial score (nSPS) is 10.2. The molecule has 12 heavy (non-hydrogen) atoms. The van der Waals surface area contributed by atoms with E-state index in [2.05, 4.69) is 20.1 Å². The van der Waals surface area contributed by atoms with Crippen LogP contribution in [-0.4, -0.2) is 12.6 Å². The summed E-state index contributed by atoms with van der Waals surface area (Å²) in [6, 6.07) is 1.52. The predicted octanol–water partition coefficient (Wildman–Crippen LogP) is 2.28. The van der Waals surface area contributed by atoms with Crippen molar-refractivity contribution in [3.8, 4) is 6.07 Å². The molecule has 0 fully saturated rings. The lowest BCUT2D eigenvalue weighted by molar-refractivity contribution is 0.628. The van der Waals surface area contributed by atoms with Crippen LogP contribution in [0.25, 0.3) is 20.9 Å². The van der Waals surface area contributed by atoms with E-state index in [0.717, 1.165) is 0 Å². The molecule has 0 N–H and O–H groups in total. The van der Waals surface area contributed by atoms with Gasteiger partial charge in [-0.25, -0.2) is 0 Å². The first-order valence-electron chi connectivity index (χ1n) is 3.27. The Hall–Kier alpha value is -1.89. The molecule has 1 unspecified atom stereocenters. The average Bonchev–Trinajstić information content (AvgIpc) is 2.10. The Bertz CT molecular complexity index is 251. The molecule has 0 aliphatic carbocycles. The third-order valence-corrected chi connectivity index (χ3v) is 1.16. The van der Waals surface area contributed by atoms with E-state index in [1.54, 1.807) is 0 Å². The van der Waals surface area contributed by atoms with Crippen molar-refractivity contribution in [2.24, 2.45) is 10.2 Å². The molecule has 0 aliphatic heterocycles. The number of rotatable bonds is 5. The van der Waals surface area contributed by atoms with E-state index in [-0.39, 0.29) is 6.54 Å². The van der Waals surface area contributed by atoms with E-state index in [0.29, 0.717) is 12.8 Å². The maximum Gasteiger partial charge on any atom is 0.0621 e. The molecule has 0 aliphatic rings. The van der Waals surface area contributed by atoms with Crippen LogP contribution in [0.1, 0.15) is 12.8 Å². The Morgan fingerprint density at radius 1 is 1.42 bits per heavy atom. The molecule has 0 radical (unpaired) electrons. The lowest BCUT2D eigenvalue weighted by atomic mass is 10.2. The summed E-state index contributed by atoms with van der Waals surface area (Å²) in [6.07, 6.45) is 0.726. The number of azide groups is 2. The summed E-state index contributed by atoms with van der Waals surface area (Å²) in [5.74, 6) is 0. The van der Waals surface area contributed by atoms with Crippen LogP contribution in [0.3, 0.4) is 0 Å². The molecule has 62 valence electrons.